The summed E-state index contributed by atoms with van der Waals surface area (Å²) in [4.78, 5) is 32.7. The maximum Gasteiger partial charge on any atom is 0.324 e. The molecule has 3 amide bonds. The maximum atomic E-state index is 12.7. The van der Waals surface area contributed by atoms with Crippen molar-refractivity contribution in [2.24, 2.45) is 5.92 Å². The molecule has 7 nitrogen and oxygen atoms in total. The van der Waals surface area contributed by atoms with Crippen molar-refractivity contribution in [2.45, 2.75) is 19.9 Å². The van der Waals surface area contributed by atoms with E-state index in [0.717, 1.165) is 17.1 Å². The second kappa shape index (κ2) is 7.18. The minimum absolute atomic E-state index is 0.0290. The van der Waals surface area contributed by atoms with E-state index in [1.807, 2.05) is 44.2 Å². The van der Waals surface area contributed by atoms with E-state index in [0.29, 0.717) is 24.0 Å². The number of rotatable bonds is 3. The number of benzene rings is 1. The Labute approximate surface area is 150 Å². The summed E-state index contributed by atoms with van der Waals surface area (Å²) in [7, 11) is 1.77. The minimum atomic E-state index is -0.458. The van der Waals surface area contributed by atoms with Crippen molar-refractivity contribution in [1.82, 2.24) is 19.2 Å². The fourth-order valence-electron chi connectivity index (χ4n) is 2.88. The highest BCUT2D eigenvalue weighted by Crippen LogP contribution is 2.23. The number of urea groups is 1. The molecule has 1 aliphatic rings. The van der Waals surface area contributed by atoms with Crippen LogP contribution in [0.3, 0.4) is 0 Å². The first-order valence-electron chi connectivity index (χ1n) is 8.19. The molecule has 0 radical (unpaired) electrons. The van der Waals surface area contributed by atoms with Gasteiger partial charge < -0.3 is 9.80 Å². The second-order valence-electron chi connectivity index (χ2n) is 6.36. The summed E-state index contributed by atoms with van der Waals surface area (Å²) in [5, 5.41) is 3.21. The minimum Gasteiger partial charge on any atom is -0.342 e. The van der Waals surface area contributed by atoms with Crippen LogP contribution in [-0.4, -0.2) is 57.3 Å². The van der Waals surface area contributed by atoms with Crippen molar-refractivity contribution in [3.63, 3.8) is 0 Å². The number of anilines is 1. The van der Waals surface area contributed by atoms with E-state index in [9.17, 15) is 9.59 Å². The zero-order chi connectivity index (χ0) is 18.0. The van der Waals surface area contributed by atoms with Crippen LogP contribution in [0, 0.1) is 5.92 Å². The van der Waals surface area contributed by atoms with Gasteiger partial charge in [-0.2, -0.15) is 9.36 Å². The van der Waals surface area contributed by atoms with Crippen LogP contribution >= 0.6 is 11.5 Å². The van der Waals surface area contributed by atoms with Crippen molar-refractivity contribution in [3.05, 3.63) is 30.3 Å². The van der Waals surface area contributed by atoms with Gasteiger partial charge in [-0.05, 0) is 5.92 Å². The molecule has 132 valence electrons. The Kier molecular flexibility index (Phi) is 4.98. The Balaban J connectivity index is 1.73. The van der Waals surface area contributed by atoms with E-state index in [-0.39, 0.29) is 17.9 Å². The second-order valence-corrected chi connectivity index (χ2v) is 7.11. The van der Waals surface area contributed by atoms with Crippen molar-refractivity contribution in [2.75, 3.05) is 25.5 Å². The molecular weight excluding hydrogens is 338 g/mol. The zero-order valence-corrected chi connectivity index (χ0v) is 15.3. The molecule has 1 saturated heterocycles. The molecule has 8 heteroatoms. The van der Waals surface area contributed by atoms with Crippen LogP contribution in [0.4, 0.5) is 9.93 Å². The van der Waals surface area contributed by atoms with E-state index in [1.54, 1.807) is 16.8 Å². The quantitative estimate of drug-likeness (QED) is 0.913. The maximum absolute atomic E-state index is 12.7. The molecule has 25 heavy (non-hydrogen) atoms. The van der Waals surface area contributed by atoms with E-state index in [1.165, 1.54) is 0 Å². The summed E-state index contributed by atoms with van der Waals surface area (Å²) in [6.07, 6.45) is 0. The molecule has 1 aromatic heterocycles. The molecule has 1 aromatic carbocycles. The molecule has 0 aliphatic carbocycles. The Morgan fingerprint density at radius 2 is 2.00 bits per heavy atom. The fraction of sp³-hybridized carbons (Fsp3) is 0.412. The number of carbonyl (C=O) groups is 2. The first-order chi connectivity index (χ1) is 12.0. The van der Waals surface area contributed by atoms with Gasteiger partial charge in [-0.25, -0.2) is 4.79 Å². The van der Waals surface area contributed by atoms with Crippen LogP contribution in [0.5, 0.6) is 0 Å². The highest BCUT2D eigenvalue weighted by molar-refractivity contribution is 7.10. The Hall–Kier alpha value is -2.48. The largest absolute Gasteiger partial charge is 0.342 e. The molecule has 2 aromatic rings. The van der Waals surface area contributed by atoms with Gasteiger partial charge in [-0.15, -0.1) is 0 Å². The molecule has 1 aliphatic heterocycles. The summed E-state index contributed by atoms with van der Waals surface area (Å²) in [5.41, 5.74) is 0.897. The van der Waals surface area contributed by atoms with Crippen LogP contribution in [0.1, 0.15) is 13.8 Å². The number of nitrogens with one attached hydrogen (secondary N) is 1. The molecule has 1 unspecified atom stereocenters. The number of piperazine rings is 1. The highest BCUT2D eigenvalue weighted by Gasteiger charge is 2.38. The van der Waals surface area contributed by atoms with Crippen molar-refractivity contribution >= 4 is 28.6 Å². The first-order valence-corrected chi connectivity index (χ1v) is 8.96. The topological polar surface area (TPSA) is 78.4 Å². The lowest BCUT2D eigenvalue weighted by Gasteiger charge is -2.40. The van der Waals surface area contributed by atoms with Crippen LogP contribution in [0.2, 0.25) is 0 Å². The Morgan fingerprint density at radius 3 is 2.68 bits per heavy atom. The van der Waals surface area contributed by atoms with Gasteiger partial charge in [0.2, 0.25) is 11.0 Å². The smallest absolute Gasteiger partial charge is 0.324 e. The average molecular weight is 359 g/mol. The van der Waals surface area contributed by atoms with Crippen LogP contribution < -0.4 is 5.32 Å². The number of likely N-dealkylation sites (N-methyl/N-ethyl adjacent to an activating group) is 1. The molecule has 0 bridgehead atoms. The predicted molar refractivity (Wildman–Crippen MR) is 97.3 cm³/mol. The van der Waals surface area contributed by atoms with Gasteiger partial charge in [-0.1, -0.05) is 44.2 Å². The molecule has 1 N–H and O–H groups in total. The lowest BCUT2D eigenvalue weighted by molar-refractivity contribution is -0.139. The Bertz CT molecular complexity index is 761. The number of aromatic nitrogens is 2. The van der Waals surface area contributed by atoms with E-state index in [4.69, 9.17) is 0 Å². The van der Waals surface area contributed by atoms with Gasteiger partial charge in [0.15, 0.2) is 5.82 Å². The zero-order valence-electron chi connectivity index (χ0n) is 14.5. The fourth-order valence-corrected chi connectivity index (χ4v) is 3.46. The third kappa shape index (κ3) is 3.63. The summed E-state index contributed by atoms with van der Waals surface area (Å²) < 4.78 is 4.29. The average Bonchev–Trinajstić information content (AvgIpc) is 3.06. The first kappa shape index (κ1) is 17.3. The van der Waals surface area contributed by atoms with Crippen molar-refractivity contribution in [1.29, 1.82) is 0 Å². The number of hydrogen-bond acceptors (Lipinski definition) is 5. The standard InChI is InChI=1S/C17H21N5O2S/c1-11(2)13-15(23)21(3)9-10-22(13)17(24)19-16-18-14(20-25-16)12-7-5-4-6-8-12/h4-8,11,13H,9-10H2,1-3H3,(H,18,19,20,24). The van der Waals surface area contributed by atoms with Crippen LogP contribution in [0.15, 0.2) is 30.3 Å². The van der Waals surface area contributed by atoms with Crippen LogP contribution in [-0.2, 0) is 4.79 Å². The lowest BCUT2D eigenvalue weighted by atomic mass is 9.99. The monoisotopic (exact) mass is 359 g/mol. The third-order valence-electron chi connectivity index (χ3n) is 4.21. The SMILES string of the molecule is CC(C)C1C(=O)N(C)CCN1C(=O)Nc1nc(-c2ccccc2)ns1. The van der Waals surface area contributed by atoms with Gasteiger partial charge in [0.05, 0.1) is 0 Å². The Morgan fingerprint density at radius 1 is 1.28 bits per heavy atom. The van der Waals surface area contributed by atoms with Crippen molar-refractivity contribution in [3.8, 4) is 11.4 Å². The number of hydrogen-bond donors (Lipinski definition) is 1. The van der Waals surface area contributed by atoms with E-state index in [2.05, 4.69) is 14.7 Å². The molecule has 3 rings (SSSR count). The summed E-state index contributed by atoms with van der Waals surface area (Å²) in [6.45, 7) is 4.92. The van der Waals surface area contributed by atoms with E-state index >= 15 is 0 Å². The van der Waals surface area contributed by atoms with E-state index < -0.39 is 6.04 Å². The summed E-state index contributed by atoms with van der Waals surface area (Å²) in [6, 6.07) is 8.82. The summed E-state index contributed by atoms with van der Waals surface area (Å²) in [5.74, 6) is 0.588. The molecule has 0 spiro atoms. The number of amides is 3. The molecule has 0 saturated carbocycles. The lowest BCUT2D eigenvalue weighted by Crippen LogP contribution is -2.60. The van der Waals surface area contributed by atoms with Gasteiger partial charge in [0.25, 0.3) is 0 Å². The highest BCUT2D eigenvalue weighted by atomic mass is 32.1. The van der Waals surface area contributed by atoms with Gasteiger partial charge >= 0.3 is 6.03 Å². The van der Waals surface area contributed by atoms with Gasteiger partial charge in [-0.3, -0.25) is 10.1 Å². The normalized spacial score (nSPS) is 17.9. The van der Waals surface area contributed by atoms with Crippen LogP contribution in [0.25, 0.3) is 11.4 Å². The molecule has 1 fully saturated rings. The van der Waals surface area contributed by atoms with Crippen molar-refractivity contribution < 1.29 is 9.59 Å². The number of carbonyl (C=O) groups excluding carboxylic acids is 2. The molecular formula is C17H21N5O2S. The van der Waals surface area contributed by atoms with Gasteiger partial charge in [0, 0.05) is 37.2 Å². The third-order valence-corrected chi connectivity index (χ3v) is 4.84. The number of nitrogens with zero attached hydrogens (tertiary/aromatic N) is 4. The summed E-state index contributed by atoms with van der Waals surface area (Å²) >= 11 is 1.13. The van der Waals surface area contributed by atoms with Gasteiger partial charge in [0.1, 0.15) is 6.04 Å². The molecule has 2 heterocycles. The predicted octanol–water partition coefficient (Wildman–Crippen LogP) is 2.54. The molecule has 1 atom stereocenters.